The van der Waals surface area contributed by atoms with Gasteiger partial charge < -0.3 is 24.2 Å². The number of carbonyl (C=O) groups excluding carboxylic acids is 1. The number of aromatic amines is 1. The summed E-state index contributed by atoms with van der Waals surface area (Å²) >= 11 is 0. The largest absolute Gasteiger partial charge is 0.497 e. The van der Waals surface area contributed by atoms with Crippen molar-refractivity contribution in [2.45, 2.75) is 6.61 Å². The normalized spacial score (nSPS) is 11.0. The lowest BCUT2D eigenvalue weighted by Crippen LogP contribution is -2.12. The molecule has 2 N–H and O–H groups in total. The Labute approximate surface area is 178 Å². The number of carbonyl (C=O) groups is 1. The van der Waals surface area contributed by atoms with Crippen LogP contribution < -0.4 is 14.8 Å². The van der Waals surface area contributed by atoms with Gasteiger partial charge in [-0.25, -0.2) is 4.98 Å². The van der Waals surface area contributed by atoms with E-state index < -0.39 is 0 Å². The van der Waals surface area contributed by atoms with Crippen molar-refractivity contribution in [1.82, 2.24) is 14.4 Å². The van der Waals surface area contributed by atoms with Gasteiger partial charge in [0.15, 0.2) is 0 Å². The zero-order valence-electron chi connectivity index (χ0n) is 16.8. The highest BCUT2D eigenvalue weighted by atomic mass is 16.5. The maximum absolute atomic E-state index is 12.7. The molecule has 5 rings (SSSR count). The predicted octanol–water partition coefficient (Wildman–Crippen LogP) is 4.66. The minimum Gasteiger partial charge on any atom is -0.497 e. The minimum absolute atomic E-state index is 0.229. The number of amides is 1. The topological polar surface area (TPSA) is 80.7 Å². The Hall–Kier alpha value is -4.26. The molecular formula is C24H20N4O3. The number of rotatable bonds is 6. The van der Waals surface area contributed by atoms with Crippen LogP contribution in [-0.4, -0.2) is 27.4 Å². The Morgan fingerprint density at radius 2 is 2.00 bits per heavy atom. The van der Waals surface area contributed by atoms with E-state index in [0.29, 0.717) is 23.7 Å². The van der Waals surface area contributed by atoms with Gasteiger partial charge in [-0.1, -0.05) is 12.1 Å². The number of H-pyrrole nitrogens is 1. The molecule has 0 aliphatic heterocycles. The Bertz CT molecular complexity index is 1350. The molecule has 7 nitrogen and oxygen atoms in total. The lowest BCUT2D eigenvalue weighted by atomic mass is 10.2. The van der Waals surface area contributed by atoms with Crippen molar-refractivity contribution in [3.8, 4) is 11.5 Å². The van der Waals surface area contributed by atoms with Gasteiger partial charge in [-0.2, -0.15) is 0 Å². The number of hydrogen-bond acceptors (Lipinski definition) is 4. The number of ether oxygens (including phenoxy) is 2. The van der Waals surface area contributed by atoms with E-state index >= 15 is 0 Å². The van der Waals surface area contributed by atoms with Crippen molar-refractivity contribution in [1.29, 1.82) is 0 Å². The third-order valence-corrected chi connectivity index (χ3v) is 4.97. The van der Waals surface area contributed by atoms with Gasteiger partial charge in [0, 0.05) is 41.1 Å². The summed E-state index contributed by atoms with van der Waals surface area (Å²) in [4.78, 5) is 20.4. The van der Waals surface area contributed by atoms with Crippen LogP contribution in [0.25, 0.3) is 16.6 Å². The zero-order valence-corrected chi connectivity index (χ0v) is 16.8. The molecule has 0 radical (unpaired) electrons. The van der Waals surface area contributed by atoms with Crippen molar-refractivity contribution in [3.63, 3.8) is 0 Å². The first-order chi connectivity index (χ1) is 15.2. The molecule has 0 unspecified atom stereocenters. The van der Waals surface area contributed by atoms with Gasteiger partial charge in [0.25, 0.3) is 5.91 Å². The van der Waals surface area contributed by atoms with Gasteiger partial charge in [-0.05, 0) is 42.5 Å². The van der Waals surface area contributed by atoms with Gasteiger partial charge in [-0.3, -0.25) is 4.79 Å². The lowest BCUT2D eigenvalue weighted by molar-refractivity contribution is 0.102. The SMILES string of the molecule is COc1ccc2cc(C(=O)Nc3cccc(OCc4cn5ccccc5n4)c3)[nH]c2c1. The average Bonchev–Trinajstić information content (AvgIpc) is 3.41. The maximum Gasteiger partial charge on any atom is 0.272 e. The van der Waals surface area contributed by atoms with Crippen molar-refractivity contribution < 1.29 is 14.3 Å². The van der Waals surface area contributed by atoms with Crippen LogP contribution in [0.2, 0.25) is 0 Å². The summed E-state index contributed by atoms with van der Waals surface area (Å²) in [6.07, 6.45) is 3.88. The molecule has 0 aliphatic rings. The van der Waals surface area contributed by atoms with Crippen LogP contribution in [0, 0.1) is 0 Å². The molecule has 0 saturated heterocycles. The molecule has 2 aromatic carbocycles. The van der Waals surface area contributed by atoms with E-state index in [9.17, 15) is 4.79 Å². The van der Waals surface area contributed by atoms with Gasteiger partial charge in [0.2, 0.25) is 0 Å². The summed E-state index contributed by atoms with van der Waals surface area (Å²) in [7, 11) is 1.61. The molecule has 1 amide bonds. The number of aromatic nitrogens is 3. The third kappa shape index (κ3) is 3.93. The molecular weight excluding hydrogens is 392 g/mol. The molecule has 154 valence electrons. The molecule has 31 heavy (non-hydrogen) atoms. The maximum atomic E-state index is 12.7. The molecule has 0 atom stereocenters. The smallest absolute Gasteiger partial charge is 0.272 e. The highest BCUT2D eigenvalue weighted by Gasteiger charge is 2.11. The van der Waals surface area contributed by atoms with Gasteiger partial charge in [0.1, 0.15) is 29.4 Å². The minimum atomic E-state index is -0.229. The summed E-state index contributed by atoms with van der Waals surface area (Å²) < 4.78 is 13.1. The molecule has 0 fully saturated rings. The first-order valence-electron chi connectivity index (χ1n) is 9.81. The van der Waals surface area contributed by atoms with E-state index in [1.807, 2.05) is 77.5 Å². The van der Waals surface area contributed by atoms with E-state index in [1.165, 1.54) is 0 Å². The highest BCUT2D eigenvalue weighted by molar-refractivity contribution is 6.06. The molecule has 0 spiro atoms. The molecule has 0 aliphatic carbocycles. The Morgan fingerprint density at radius 1 is 1.06 bits per heavy atom. The fraction of sp³-hybridized carbons (Fsp3) is 0.0833. The number of benzene rings is 2. The zero-order chi connectivity index (χ0) is 21.2. The van der Waals surface area contributed by atoms with E-state index in [1.54, 1.807) is 13.2 Å². The monoisotopic (exact) mass is 412 g/mol. The highest BCUT2D eigenvalue weighted by Crippen LogP contribution is 2.23. The summed E-state index contributed by atoms with van der Waals surface area (Å²) in [5, 5.41) is 3.85. The molecule has 5 aromatic rings. The number of pyridine rings is 1. The Kier molecular flexibility index (Phi) is 4.76. The van der Waals surface area contributed by atoms with Crippen molar-refractivity contribution in [3.05, 3.63) is 90.5 Å². The van der Waals surface area contributed by atoms with E-state index in [0.717, 1.165) is 28.0 Å². The summed E-state index contributed by atoms with van der Waals surface area (Å²) in [5.74, 6) is 1.15. The molecule has 3 aromatic heterocycles. The first-order valence-corrected chi connectivity index (χ1v) is 9.81. The second-order valence-corrected chi connectivity index (χ2v) is 7.11. The average molecular weight is 412 g/mol. The van der Waals surface area contributed by atoms with Gasteiger partial charge in [-0.15, -0.1) is 0 Å². The summed E-state index contributed by atoms with van der Waals surface area (Å²) in [6.45, 7) is 0.336. The fourth-order valence-corrected chi connectivity index (χ4v) is 3.43. The van der Waals surface area contributed by atoms with E-state index in [2.05, 4.69) is 15.3 Å². The molecule has 7 heteroatoms. The summed E-state index contributed by atoms with van der Waals surface area (Å²) in [6, 6.07) is 20.6. The second-order valence-electron chi connectivity index (χ2n) is 7.11. The second kappa shape index (κ2) is 7.87. The molecule has 0 bridgehead atoms. The van der Waals surface area contributed by atoms with Crippen LogP contribution in [0.4, 0.5) is 5.69 Å². The number of hydrogen-bond donors (Lipinski definition) is 2. The molecule has 0 saturated carbocycles. The number of fused-ring (bicyclic) bond motifs is 2. The van der Waals surface area contributed by atoms with Crippen LogP contribution in [0.15, 0.2) is 79.1 Å². The van der Waals surface area contributed by atoms with Crippen LogP contribution in [-0.2, 0) is 6.61 Å². The van der Waals surface area contributed by atoms with Gasteiger partial charge in [0.05, 0.1) is 12.8 Å². The molecule has 3 heterocycles. The van der Waals surface area contributed by atoms with Crippen molar-refractivity contribution >= 4 is 28.1 Å². The lowest BCUT2D eigenvalue weighted by Gasteiger charge is -2.08. The first kappa shape index (κ1) is 18.7. The van der Waals surface area contributed by atoms with Crippen LogP contribution in [0.3, 0.4) is 0 Å². The van der Waals surface area contributed by atoms with Gasteiger partial charge >= 0.3 is 0 Å². The summed E-state index contributed by atoms with van der Waals surface area (Å²) in [5.41, 5.74) is 3.66. The van der Waals surface area contributed by atoms with Crippen molar-refractivity contribution in [2.24, 2.45) is 0 Å². The quantitative estimate of drug-likeness (QED) is 0.425. The fourth-order valence-electron chi connectivity index (χ4n) is 3.43. The number of methoxy groups -OCH3 is 1. The Balaban J connectivity index is 1.27. The van der Waals surface area contributed by atoms with Crippen LogP contribution in [0.1, 0.15) is 16.2 Å². The number of anilines is 1. The van der Waals surface area contributed by atoms with Crippen LogP contribution in [0.5, 0.6) is 11.5 Å². The van der Waals surface area contributed by atoms with Crippen LogP contribution >= 0.6 is 0 Å². The van der Waals surface area contributed by atoms with E-state index in [4.69, 9.17) is 9.47 Å². The van der Waals surface area contributed by atoms with Crippen molar-refractivity contribution in [2.75, 3.05) is 12.4 Å². The number of nitrogens with one attached hydrogen (secondary N) is 2. The third-order valence-electron chi connectivity index (χ3n) is 4.97. The van der Waals surface area contributed by atoms with E-state index in [-0.39, 0.29) is 5.91 Å². The number of imidazole rings is 1. The Morgan fingerprint density at radius 3 is 2.87 bits per heavy atom. The standard InChI is InChI=1S/C24H20N4O3/c1-30-19-9-8-16-11-22(27-21(16)13-19)24(29)26-17-5-4-6-20(12-17)31-15-18-14-28-10-3-2-7-23(28)25-18/h2-14,27H,15H2,1H3,(H,26,29). The number of nitrogens with zero attached hydrogens (tertiary/aromatic N) is 2. The predicted molar refractivity (Wildman–Crippen MR) is 119 cm³/mol.